The van der Waals surface area contributed by atoms with Crippen LogP contribution in [0.25, 0.3) is 0 Å². The summed E-state index contributed by atoms with van der Waals surface area (Å²) in [6.45, 7) is 3.38. The number of phenolic OH excluding ortho intramolecular Hbond substituents is 1. The number of aromatic hydroxyl groups is 1. The average Bonchev–Trinajstić information content (AvgIpc) is 2.17. The van der Waals surface area contributed by atoms with Gasteiger partial charge in [-0.05, 0) is 17.7 Å². The predicted octanol–water partition coefficient (Wildman–Crippen LogP) is 0.817. The van der Waals surface area contributed by atoms with E-state index in [0.29, 0.717) is 5.56 Å². The first-order valence-electron chi connectivity index (χ1n) is 3.96. The maximum Gasteiger partial charge on any atom is 0.332 e. The fourth-order valence-corrected chi connectivity index (χ4v) is 1.07. The van der Waals surface area contributed by atoms with Gasteiger partial charge in [-0.2, -0.15) is 0 Å². The highest BCUT2D eigenvalue weighted by Gasteiger charge is 2.32. The van der Waals surface area contributed by atoms with Gasteiger partial charge in [0.2, 0.25) is 0 Å². The zero-order valence-electron chi connectivity index (χ0n) is 7.47. The Kier molecular flexibility index (Phi) is 2.58. The molecule has 0 saturated heterocycles. The lowest BCUT2D eigenvalue weighted by Crippen LogP contribution is -2.42. The molecule has 1 atom stereocenters. The van der Waals surface area contributed by atoms with Crippen molar-refractivity contribution in [3.8, 4) is 5.75 Å². The largest absolute Gasteiger partial charge is 0.508 e. The van der Waals surface area contributed by atoms with Gasteiger partial charge in [0, 0.05) is 0 Å². The van der Waals surface area contributed by atoms with E-state index in [1.807, 2.05) is 0 Å². The summed E-state index contributed by atoms with van der Waals surface area (Å²) >= 11 is 0. The van der Waals surface area contributed by atoms with Crippen LogP contribution in [0, 0.1) is 0 Å². The molecule has 0 amide bonds. The fraction of sp³-hybridized carbons (Fsp3) is 0.100. The number of phenols is 1. The summed E-state index contributed by atoms with van der Waals surface area (Å²) in [7, 11) is 0. The Morgan fingerprint density at radius 3 is 2.29 bits per heavy atom. The zero-order valence-corrected chi connectivity index (χ0v) is 7.47. The Labute approximate surface area is 81.3 Å². The summed E-state index contributed by atoms with van der Waals surface area (Å²) in [5, 5.41) is 17.9. The highest BCUT2D eigenvalue weighted by Crippen LogP contribution is 2.21. The van der Waals surface area contributed by atoms with E-state index in [-0.39, 0.29) is 5.75 Å². The maximum absolute atomic E-state index is 10.9. The third-order valence-electron chi connectivity index (χ3n) is 2.02. The molecule has 4 nitrogen and oxygen atoms in total. The third-order valence-corrected chi connectivity index (χ3v) is 2.02. The van der Waals surface area contributed by atoms with Gasteiger partial charge in [-0.15, -0.1) is 6.58 Å². The van der Waals surface area contributed by atoms with Crippen LogP contribution < -0.4 is 5.73 Å². The number of aliphatic carboxylic acids is 1. The number of hydrogen-bond donors (Lipinski definition) is 3. The zero-order chi connectivity index (χ0) is 10.8. The van der Waals surface area contributed by atoms with Gasteiger partial charge in [-0.3, -0.25) is 0 Å². The van der Waals surface area contributed by atoms with E-state index in [0.717, 1.165) is 6.08 Å². The number of carbonyl (C=O) groups is 1. The van der Waals surface area contributed by atoms with Crippen LogP contribution in [0.15, 0.2) is 36.9 Å². The topological polar surface area (TPSA) is 83.6 Å². The van der Waals surface area contributed by atoms with Gasteiger partial charge < -0.3 is 15.9 Å². The van der Waals surface area contributed by atoms with Crippen molar-refractivity contribution in [3.63, 3.8) is 0 Å². The first kappa shape index (κ1) is 10.3. The summed E-state index contributed by atoms with van der Waals surface area (Å²) in [6.07, 6.45) is 1.15. The number of nitrogens with two attached hydrogens (primary N) is 1. The summed E-state index contributed by atoms with van der Waals surface area (Å²) in [5.41, 5.74) is 4.38. The summed E-state index contributed by atoms with van der Waals surface area (Å²) in [4.78, 5) is 10.9. The molecule has 0 aromatic heterocycles. The highest BCUT2D eigenvalue weighted by atomic mass is 16.4. The molecule has 0 bridgehead atoms. The quantitative estimate of drug-likeness (QED) is 0.620. The molecule has 1 aromatic carbocycles. The second kappa shape index (κ2) is 3.51. The Morgan fingerprint density at radius 2 is 1.93 bits per heavy atom. The first-order chi connectivity index (χ1) is 6.50. The van der Waals surface area contributed by atoms with E-state index in [1.54, 1.807) is 0 Å². The lowest BCUT2D eigenvalue weighted by molar-refractivity contribution is -0.141. The lowest BCUT2D eigenvalue weighted by atomic mass is 9.91. The molecule has 0 aliphatic rings. The molecule has 0 saturated carbocycles. The van der Waals surface area contributed by atoms with Crippen LogP contribution in [0.5, 0.6) is 5.75 Å². The van der Waals surface area contributed by atoms with Crippen LogP contribution in [0.4, 0.5) is 0 Å². The van der Waals surface area contributed by atoms with Crippen LogP contribution in [-0.2, 0) is 10.3 Å². The van der Waals surface area contributed by atoms with Crippen LogP contribution in [0.2, 0.25) is 0 Å². The van der Waals surface area contributed by atoms with E-state index in [1.165, 1.54) is 24.3 Å². The molecule has 0 fully saturated rings. The monoisotopic (exact) mass is 193 g/mol. The van der Waals surface area contributed by atoms with Crippen molar-refractivity contribution in [1.82, 2.24) is 0 Å². The van der Waals surface area contributed by atoms with Crippen molar-refractivity contribution < 1.29 is 15.0 Å². The minimum absolute atomic E-state index is 0.0607. The maximum atomic E-state index is 10.9. The standard InChI is InChI=1S/C10H11NO3/c1-2-10(11,9(13)14)7-3-5-8(12)6-4-7/h2-6,12H,1,11H2,(H,13,14). The molecule has 1 unspecified atom stereocenters. The van der Waals surface area contributed by atoms with Gasteiger partial charge in [0.05, 0.1) is 0 Å². The van der Waals surface area contributed by atoms with Crippen molar-refractivity contribution in [2.45, 2.75) is 5.54 Å². The molecule has 1 rings (SSSR count). The first-order valence-corrected chi connectivity index (χ1v) is 3.96. The van der Waals surface area contributed by atoms with Crippen LogP contribution in [-0.4, -0.2) is 16.2 Å². The highest BCUT2D eigenvalue weighted by molar-refractivity contribution is 5.83. The van der Waals surface area contributed by atoms with E-state index in [4.69, 9.17) is 15.9 Å². The van der Waals surface area contributed by atoms with Gasteiger partial charge in [-0.25, -0.2) is 4.79 Å². The van der Waals surface area contributed by atoms with E-state index in [9.17, 15) is 4.79 Å². The Hall–Kier alpha value is -1.81. The molecular formula is C10H11NO3. The predicted molar refractivity (Wildman–Crippen MR) is 51.8 cm³/mol. The van der Waals surface area contributed by atoms with Gasteiger partial charge in [0.1, 0.15) is 5.75 Å². The molecule has 0 radical (unpaired) electrons. The molecule has 4 N–H and O–H groups in total. The molecule has 4 heteroatoms. The van der Waals surface area contributed by atoms with Crippen LogP contribution >= 0.6 is 0 Å². The van der Waals surface area contributed by atoms with Crippen molar-refractivity contribution in [3.05, 3.63) is 42.5 Å². The van der Waals surface area contributed by atoms with Gasteiger partial charge >= 0.3 is 5.97 Å². The Balaban J connectivity index is 3.19. The number of carboxylic acids is 1. The number of hydrogen-bond acceptors (Lipinski definition) is 3. The molecule has 0 spiro atoms. The van der Waals surface area contributed by atoms with E-state index in [2.05, 4.69) is 6.58 Å². The van der Waals surface area contributed by atoms with Gasteiger partial charge in [-0.1, -0.05) is 18.2 Å². The molecule has 0 aliphatic heterocycles. The smallest absolute Gasteiger partial charge is 0.332 e. The minimum atomic E-state index is -1.60. The summed E-state index contributed by atoms with van der Waals surface area (Å²) in [6, 6.07) is 5.66. The molecule has 1 aromatic rings. The summed E-state index contributed by atoms with van der Waals surface area (Å²) < 4.78 is 0. The third kappa shape index (κ3) is 1.60. The molecule has 0 aliphatic carbocycles. The Bertz CT molecular complexity index is 358. The average molecular weight is 193 g/mol. The normalized spacial score (nSPS) is 14.4. The Morgan fingerprint density at radius 1 is 1.43 bits per heavy atom. The fourth-order valence-electron chi connectivity index (χ4n) is 1.07. The van der Waals surface area contributed by atoms with Crippen LogP contribution in [0.3, 0.4) is 0 Å². The van der Waals surface area contributed by atoms with E-state index >= 15 is 0 Å². The SMILES string of the molecule is C=CC(N)(C(=O)O)c1ccc(O)cc1. The van der Waals surface area contributed by atoms with Crippen LogP contribution in [0.1, 0.15) is 5.56 Å². The number of carboxylic acid groups (broad SMARTS) is 1. The van der Waals surface area contributed by atoms with Crippen molar-refractivity contribution >= 4 is 5.97 Å². The van der Waals surface area contributed by atoms with Crippen molar-refractivity contribution in [2.75, 3.05) is 0 Å². The molecule has 74 valence electrons. The summed E-state index contributed by atoms with van der Waals surface area (Å²) in [5.74, 6) is -1.12. The number of benzene rings is 1. The molecular weight excluding hydrogens is 182 g/mol. The van der Waals surface area contributed by atoms with Gasteiger partial charge in [0.25, 0.3) is 0 Å². The number of rotatable bonds is 3. The second-order valence-corrected chi connectivity index (χ2v) is 2.93. The second-order valence-electron chi connectivity index (χ2n) is 2.93. The lowest BCUT2D eigenvalue weighted by Gasteiger charge is -2.20. The molecule has 0 heterocycles. The van der Waals surface area contributed by atoms with Crippen molar-refractivity contribution in [1.29, 1.82) is 0 Å². The van der Waals surface area contributed by atoms with Gasteiger partial charge in [0.15, 0.2) is 5.54 Å². The van der Waals surface area contributed by atoms with Crippen molar-refractivity contribution in [2.24, 2.45) is 5.73 Å². The molecule has 14 heavy (non-hydrogen) atoms. The van der Waals surface area contributed by atoms with E-state index < -0.39 is 11.5 Å². The minimum Gasteiger partial charge on any atom is -0.508 e.